The molecule has 0 aliphatic heterocycles. The molecule has 0 aromatic heterocycles. The van der Waals surface area contributed by atoms with E-state index in [0.29, 0.717) is 6.54 Å². The van der Waals surface area contributed by atoms with E-state index in [1.165, 1.54) is 16.5 Å². The number of hydrogen-bond donors (Lipinski definition) is 2. The van der Waals surface area contributed by atoms with Gasteiger partial charge in [-0.15, -0.1) is 9.24 Å². The number of hydrogen-bond acceptors (Lipinski definition) is 3. The number of aliphatic hydroxyl groups excluding tert-OH is 1. The summed E-state index contributed by atoms with van der Waals surface area (Å²) in [6, 6.07) is 0. The van der Waals surface area contributed by atoms with Crippen LogP contribution in [-0.2, 0) is 4.74 Å². The van der Waals surface area contributed by atoms with Crippen LogP contribution in [0, 0.1) is 0 Å². The zero-order chi connectivity index (χ0) is 14.5. The number of ether oxygens (including phenoxy) is 1. The maximum absolute atomic E-state index is 9.73. The van der Waals surface area contributed by atoms with Crippen molar-refractivity contribution < 1.29 is 9.84 Å². The quantitative estimate of drug-likeness (QED) is 0.602. The van der Waals surface area contributed by atoms with E-state index in [0.717, 1.165) is 13.0 Å². The maximum Gasteiger partial charge on any atom is 0.167 e. The standard InChI is InChI=1S/C15H26NO2P/c1-5-11-6-7-12(13(19)8-11)9-16-10-14(17)18-15(2,3)4/h5,7-8,14,16-17H,6,9-10,19H2,1-4H3/b11-5+. The van der Waals surface area contributed by atoms with E-state index in [1.807, 2.05) is 20.8 Å². The number of allylic oxidation sites excluding steroid dienone is 4. The molecule has 0 aromatic carbocycles. The molecule has 0 fully saturated rings. The van der Waals surface area contributed by atoms with Crippen molar-refractivity contribution >= 4 is 9.24 Å². The lowest BCUT2D eigenvalue weighted by Crippen LogP contribution is -2.36. The van der Waals surface area contributed by atoms with Crippen LogP contribution in [0.1, 0.15) is 34.1 Å². The topological polar surface area (TPSA) is 41.5 Å². The monoisotopic (exact) mass is 283 g/mol. The van der Waals surface area contributed by atoms with Crippen molar-refractivity contribution in [1.82, 2.24) is 5.32 Å². The Morgan fingerprint density at radius 3 is 2.74 bits per heavy atom. The van der Waals surface area contributed by atoms with Crippen LogP contribution < -0.4 is 5.32 Å². The van der Waals surface area contributed by atoms with Crippen LogP contribution in [0.15, 0.2) is 34.7 Å². The zero-order valence-corrected chi connectivity index (χ0v) is 13.5. The average molecular weight is 283 g/mol. The summed E-state index contributed by atoms with van der Waals surface area (Å²) in [5.74, 6) is 0. The number of rotatable bonds is 5. The molecule has 3 nitrogen and oxygen atoms in total. The van der Waals surface area contributed by atoms with Gasteiger partial charge in [-0.1, -0.05) is 18.2 Å². The highest BCUT2D eigenvalue weighted by Gasteiger charge is 2.16. The van der Waals surface area contributed by atoms with Crippen LogP contribution in [0.25, 0.3) is 0 Å². The number of aliphatic hydroxyl groups is 1. The largest absolute Gasteiger partial charge is 0.367 e. The molecule has 2 N–H and O–H groups in total. The van der Waals surface area contributed by atoms with Crippen molar-refractivity contribution in [3.05, 3.63) is 34.7 Å². The third-order valence-corrected chi connectivity index (χ3v) is 3.33. The first-order chi connectivity index (χ1) is 8.81. The highest BCUT2D eigenvalue weighted by Crippen LogP contribution is 2.26. The van der Waals surface area contributed by atoms with E-state index in [9.17, 15) is 5.11 Å². The van der Waals surface area contributed by atoms with Gasteiger partial charge < -0.3 is 15.2 Å². The SMILES string of the molecule is C/C=C1/C=C(P)C(CNCC(O)OC(C)(C)C)=CC1. The zero-order valence-electron chi connectivity index (χ0n) is 12.4. The molecule has 0 heterocycles. The van der Waals surface area contributed by atoms with Crippen LogP contribution in [0.3, 0.4) is 0 Å². The van der Waals surface area contributed by atoms with Gasteiger partial charge in [-0.25, -0.2) is 0 Å². The molecule has 19 heavy (non-hydrogen) atoms. The van der Waals surface area contributed by atoms with Crippen LogP contribution in [0.4, 0.5) is 0 Å². The van der Waals surface area contributed by atoms with Crippen molar-refractivity contribution in [2.24, 2.45) is 0 Å². The molecule has 0 saturated heterocycles. The predicted molar refractivity (Wildman–Crippen MR) is 84.0 cm³/mol. The van der Waals surface area contributed by atoms with Gasteiger partial charge in [0.1, 0.15) is 0 Å². The lowest BCUT2D eigenvalue weighted by molar-refractivity contribution is -0.162. The molecular weight excluding hydrogens is 257 g/mol. The summed E-state index contributed by atoms with van der Waals surface area (Å²) in [6.45, 7) is 9.03. The molecule has 108 valence electrons. The van der Waals surface area contributed by atoms with Gasteiger partial charge in [0.15, 0.2) is 6.29 Å². The summed E-state index contributed by atoms with van der Waals surface area (Å²) in [4.78, 5) is 0. The van der Waals surface area contributed by atoms with E-state index in [4.69, 9.17) is 4.74 Å². The fraction of sp³-hybridized carbons (Fsp3) is 0.600. The summed E-state index contributed by atoms with van der Waals surface area (Å²) in [5.41, 5.74) is 2.28. The van der Waals surface area contributed by atoms with Gasteiger partial charge in [0, 0.05) is 13.1 Å². The van der Waals surface area contributed by atoms with E-state index >= 15 is 0 Å². The Hall–Kier alpha value is -0.470. The fourth-order valence-electron chi connectivity index (χ4n) is 1.87. The Labute approximate surface area is 119 Å². The summed E-state index contributed by atoms with van der Waals surface area (Å²) in [7, 11) is 2.77. The fourth-order valence-corrected chi connectivity index (χ4v) is 2.30. The van der Waals surface area contributed by atoms with Crippen LogP contribution >= 0.6 is 9.24 Å². The first kappa shape index (κ1) is 16.6. The third-order valence-electron chi connectivity index (χ3n) is 2.79. The molecule has 0 radical (unpaired) electrons. The summed E-state index contributed by atoms with van der Waals surface area (Å²) in [5, 5.41) is 14.2. The van der Waals surface area contributed by atoms with Crippen molar-refractivity contribution in [2.75, 3.05) is 13.1 Å². The van der Waals surface area contributed by atoms with E-state index in [2.05, 4.69) is 39.7 Å². The molecule has 4 heteroatoms. The molecule has 0 bridgehead atoms. The minimum atomic E-state index is -0.771. The first-order valence-electron chi connectivity index (χ1n) is 6.70. The minimum absolute atomic E-state index is 0.322. The highest BCUT2D eigenvalue weighted by atomic mass is 31.0. The van der Waals surface area contributed by atoms with E-state index in [1.54, 1.807) is 0 Å². The Morgan fingerprint density at radius 1 is 1.53 bits per heavy atom. The van der Waals surface area contributed by atoms with Gasteiger partial charge in [0.25, 0.3) is 0 Å². The number of nitrogens with one attached hydrogen (secondary N) is 1. The van der Waals surface area contributed by atoms with Gasteiger partial charge in [-0.3, -0.25) is 0 Å². The normalized spacial score (nSPS) is 20.2. The Kier molecular flexibility index (Phi) is 6.41. The van der Waals surface area contributed by atoms with Gasteiger partial charge in [0.05, 0.1) is 5.60 Å². The summed E-state index contributed by atoms with van der Waals surface area (Å²) in [6.07, 6.45) is 6.75. The lowest BCUT2D eigenvalue weighted by atomic mass is 10.0. The Balaban J connectivity index is 2.35. The predicted octanol–water partition coefficient (Wildman–Crippen LogP) is 2.74. The second kappa shape index (κ2) is 7.35. The van der Waals surface area contributed by atoms with Crippen LogP contribution in [0.5, 0.6) is 0 Å². The van der Waals surface area contributed by atoms with Crippen LogP contribution in [-0.4, -0.2) is 30.1 Å². The molecule has 2 unspecified atom stereocenters. The Bertz CT molecular complexity index is 391. The Morgan fingerprint density at radius 2 is 2.21 bits per heavy atom. The molecular formula is C15H26NO2P. The van der Waals surface area contributed by atoms with E-state index in [-0.39, 0.29) is 5.60 Å². The summed E-state index contributed by atoms with van der Waals surface area (Å²) >= 11 is 0. The van der Waals surface area contributed by atoms with Gasteiger partial charge in [-0.05, 0) is 50.6 Å². The third kappa shape index (κ3) is 6.49. The molecule has 1 aliphatic rings. The molecule has 0 amide bonds. The lowest BCUT2D eigenvalue weighted by Gasteiger charge is -2.24. The van der Waals surface area contributed by atoms with Gasteiger partial charge >= 0.3 is 0 Å². The summed E-state index contributed by atoms with van der Waals surface area (Å²) < 4.78 is 5.43. The smallest absolute Gasteiger partial charge is 0.167 e. The van der Waals surface area contributed by atoms with Crippen molar-refractivity contribution in [2.45, 2.75) is 46.0 Å². The van der Waals surface area contributed by atoms with Crippen molar-refractivity contribution in [3.8, 4) is 0 Å². The highest BCUT2D eigenvalue weighted by molar-refractivity contribution is 7.23. The molecule has 1 aliphatic carbocycles. The maximum atomic E-state index is 9.73. The second-order valence-corrected chi connectivity index (χ2v) is 6.33. The molecule has 0 spiro atoms. The molecule has 0 saturated carbocycles. The van der Waals surface area contributed by atoms with Crippen molar-refractivity contribution in [3.63, 3.8) is 0 Å². The molecule has 0 aromatic rings. The van der Waals surface area contributed by atoms with Crippen LogP contribution in [0.2, 0.25) is 0 Å². The van der Waals surface area contributed by atoms with Crippen molar-refractivity contribution in [1.29, 1.82) is 0 Å². The molecule has 2 atom stereocenters. The first-order valence-corrected chi connectivity index (χ1v) is 7.28. The van der Waals surface area contributed by atoms with Gasteiger partial charge in [-0.2, -0.15) is 0 Å². The van der Waals surface area contributed by atoms with Gasteiger partial charge in [0.2, 0.25) is 0 Å². The second-order valence-electron chi connectivity index (χ2n) is 5.71. The molecule has 1 rings (SSSR count). The average Bonchev–Trinajstić information content (AvgIpc) is 2.28. The minimum Gasteiger partial charge on any atom is -0.367 e. The van der Waals surface area contributed by atoms with E-state index < -0.39 is 6.29 Å².